The molecule has 1 amide bonds. The second-order valence-electron chi connectivity index (χ2n) is 3.76. The highest BCUT2D eigenvalue weighted by Crippen LogP contribution is 2.23. The van der Waals surface area contributed by atoms with Gasteiger partial charge < -0.3 is 5.73 Å². The van der Waals surface area contributed by atoms with Gasteiger partial charge in [-0.2, -0.15) is 4.31 Å². The van der Waals surface area contributed by atoms with Gasteiger partial charge in [-0.05, 0) is 26.7 Å². The fourth-order valence-corrected chi connectivity index (χ4v) is 3.09. The maximum atomic E-state index is 11.8. The molecule has 2 N–H and O–H groups in total. The maximum absolute atomic E-state index is 11.8. The molecule has 1 fully saturated rings. The Morgan fingerprint density at radius 1 is 1.50 bits per heavy atom. The van der Waals surface area contributed by atoms with E-state index in [0.29, 0.717) is 19.4 Å². The molecule has 5 nitrogen and oxygen atoms in total. The summed E-state index contributed by atoms with van der Waals surface area (Å²) in [5.41, 5.74) is 5.14. The Labute approximate surface area is 84.3 Å². The third-order valence-electron chi connectivity index (χ3n) is 2.45. The number of rotatable bonds is 3. The summed E-state index contributed by atoms with van der Waals surface area (Å²) in [5, 5.41) is -0.498. The van der Waals surface area contributed by atoms with Crippen LogP contribution in [-0.2, 0) is 14.8 Å². The standard InChI is InChI=1S/C8H16N2O3S/c1-6(2)14(12,13)10-5-3-4-7(10)8(9)11/h6-7H,3-5H2,1-2H3,(H2,9,11). The van der Waals surface area contributed by atoms with E-state index < -0.39 is 27.2 Å². The molecule has 14 heavy (non-hydrogen) atoms. The van der Waals surface area contributed by atoms with Gasteiger partial charge in [0.1, 0.15) is 6.04 Å². The second kappa shape index (κ2) is 3.86. The van der Waals surface area contributed by atoms with Crippen molar-refractivity contribution in [1.29, 1.82) is 0 Å². The summed E-state index contributed by atoms with van der Waals surface area (Å²) in [4.78, 5) is 11.0. The molecule has 82 valence electrons. The van der Waals surface area contributed by atoms with E-state index in [2.05, 4.69) is 0 Å². The van der Waals surface area contributed by atoms with Crippen LogP contribution in [0.15, 0.2) is 0 Å². The third-order valence-corrected chi connectivity index (χ3v) is 4.74. The summed E-state index contributed by atoms with van der Waals surface area (Å²) in [6, 6.07) is -0.637. The quantitative estimate of drug-likeness (QED) is 0.707. The number of nitrogens with two attached hydrogens (primary N) is 1. The first-order valence-corrected chi connectivity index (χ1v) is 6.17. The molecule has 0 spiro atoms. The Morgan fingerprint density at radius 2 is 2.07 bits per heavy atom. The van der Waals surface area contributed by atoms with Crippen LogP contribution in [0.25, 0.3) is 0 Å². The van der Waals surface area contributed by atoms with Crippen molar-refractivity contribution in [3.05, 3.63) is 0 Å². The first-order valence-electron chi connectivity index (χ1n) is 4.67. The van der Waals surface area contributed by atoms with E-state index in [-0.39, 0.29) is 0 Å². The van der Waals surface area contributed by atoms with Gasteiger partial charge in [0.25, 0.3) is 0 Å². The van der Waals surface area contributed by atoms with E-state index >= 15 is 0 Å². The average Bonchev–Trinajstić information content (AvgIpc) is 2.51. The number of carbonyl (C=O) groups is 1. The minimum absolute atomic E-state index is 0.411. The van der Waals surface area contributed by atoms with Crippen molar-refractivity contribution in [1.82, 2.24) is 4.31 Å². The smallest absolute Gasteiger partial charge is 0.235 e. The van der Waals surface area contributed by atoms with E-state index in [1.165, 1.54) is 4.31 Å². The lowest BCUT2D eigenvalue weighted by atomic mass is 10.2. The third kappa shape index (κ3) is 1.90. The van der Waals surface area contributed by atoms with Gasteiger partial charge in [0, 0.05) is 6.54 Å². The van der Waals surface area contributed by atoms with Crippen molar-refractivity contribution >= 4 is 15.9 Å². The summed E-state index contributed by atoms with van der Waals surface area (Å²) in [6.45, 7) is 3.62. The zero-order valence-electron chi connectivity index (χ0n) is 8.43. The molecule has 0 saturated carbocycles. The maximum Gasteiger partial charge on any atom is 0.235 e. The predicted octanol–water partition coefficient (Wildman–Crippen LogP) is -0.326. The summed E-state index contributed by atoms with van der Waals surface area (Å²) in [6.07, 6.45) is 1.25. The predicted molar refractivity (Wildman–Crippen MR) is 53.0 cm³/mol. The largest absolute Gasteiger partial charge is 0.368 e. The fraction of sp³-hybridized carbons (Fsp3) is 0.875. The van der Waals surface area contributed by atoms with E-state index in [0.717, 1.165) is 0 Å². The number of carbonyl (C=O) groups excluding carboxylic acids is 1. The molecule has 1 rings (SSSR count). The van der Waals surface area contributed by atoms with Crippen LogP contribution in [0.3, 0.4) is 0 Å². The highest BCUT2D eigenvalue weighted by molar-refractivity contribution is 7.89. The summed E-state index contributed by atoms with van der Waals surface area (Å²) in [7, 11) is -3.34. The lowest BCUT2D eigenvalue weighted by Gasteiger charge is -2.23. The van der Waals surface area contributed by atoms with Crippen molar-refractivity contribution in [2.45, 2.75) is 38.0 Å². The Morgan fingerprint density at radius 3 is 2.50 bits per heavy atom. The lowest BCUT2D eigenvalue weighted by molar-refractivity contribution is -0.121. The summed E-state index contributed by atoms with van der Waals surface area (Å²) in [5.74, 6) is -0.549. The van der Waals surface area contributed by atoms with Gasteiger partial charge in [-0.3, -0.25) is 4.79 Å². The molecule has 0 aromatic carbocycles. The van der Waals surface area contributed by atoms with Crippen LogP contribution >= 0.6 is 0 Å². The van der Waals surface area contributed by atoms with E-state index in [4.69, 9.17) is 5.73 Å². The monoisotopic (exact) mass is 220 g/mol. The van der Waals surface area contributed by atoms with Crippen LogP contribution in [0, 0.1) is 0 Å². The molecule has 1 atom stereocenters. The van der Waals surface area contributed by atoms with Crippen LogP contribution in [0.1, 0.15) is 26.7 Å². The van der Waals surface area contributed by atoms with E-state index in [9.17, 15) is 13.2 Å². The molecular weight excluding hydrogens is 204 g/mol. The molecule has 1 aliphatic rings. The highest BCUT2D eigenvalue weighted by atomic mass is 32.2. The summed E-state index contributed by atoms with van der Waals surface area (Å²) < 4.78 is 24.8. The SMILES string of the molecule is CC(C)S(=O)(=O)N1CCCC1C(N)=O. The Balaban J connectivity index is 2.93. The summed E-state index contributed by atoms with van der Waals surface area (Å²) >= 11 is 0. The van der Waals surface area contributed by atoms with Gasteiger partial charge >= 0.3 is 0 Å². The zero-order chi connectivity index (χ0) is 10.9. The molecule has 0 aromatic rings. The lowest BCUT2D eigenvalue weighted by Crippen LogP contribution is -2.46. The Bertz CT molecular complexity index is 323. The van der Waals surface area contributed by atoms with Crippen LogP contribution < -0.4 is 5.73 Å². The molecule has 0 aliphatic carbocycles. The van der Waals surface area contributed by atoms with Crippen molar-refractivity contribution in [2.75, 3.05) is 6.54 Å². The molecular formula is C8H16N2O3S. The number of hydrogen-bond acceptors (Lipinski definition) is 3. The minimum atomic E-state index is -3.34. The molecule has 0 aromatic heterocycles. The van der Waals surface area contributed by atoms with Crippen LogP contribution in [0.2, 0.25) is 0 Å². The van der Waals surface area contributed by atoms with Crippen LogP contribution in [-0.4, -0.2) is 36.5 Å². The number of hydrogen-bond donors (Lipinski definition) is 1. The number of sulfonamides is 1. The van der Waals surface area contributed by atoms with Gasteiger partial charge in [-0.1, -0.05) is 0 Å². The Hall–Kier alpha value is -0.620. The van der Waals surface area contributed by atoms with Crippen LogP contribution in [0.5, 0.6) is 0 Å². The zero-order valence-corrected chi connectivity index (χ0v) is 9.25. The van der Waals surface area contributed by atoms with Gasteiger partial charge in [0.2, 0.25) is 15.9 Å². The molecule has 0 radical (unpaired) electrons. The van der Waals surface area contributed by atoms with E-state index in [1.807, 2.05) is 0 Å². The molecule has 1 aliphatic heterocycles. The van der Waals surface area contributed by atoms with Crippen molar-refractivity contribution < 1.29 is 13.2 Å². The van der Waals surface area contributed by atoms with Gasteiger partial charge in [-0.15, -0.1) is 0 Å². The normalized spacial score (nSPS) is 24.4. The molecule has 6 heteroatoms. The number of nitrogens with zero attached hydrogens (tertiary/aromatic N) is 1. The first-order chi connectivity index (χ1) is 6.37. The number of primary amides is 1. The van der Waals surface area contributed by atoms with Crippen molar-refractivity contribution in [3.8, 4) is 0 Å². The molecule has 1 unspecified atom stereocenters. The second-order valence-corrected chi connectivity index (χ2v) is 6.21. The minimum Gasteiger partial charge on any atom is -0.368 e. The first kappa shape index (κ1) is 11.5. The van der Waals surface area contributed by atoms with E-state index in [1.54, 1.807) is 13.8 Å². The van der Waals surface area contributed by atoms with Crippen molar-refractivity contribution in [3.63, 3.8) is 0 Å². The molecule has 1 heterocycles. The van der Waals surface area contributed by atoms with Gasteiger partial charge in [-0.25, -0.2) is 8.42 Å². The highest BCUT2D eigenvalue weighted by Gasteiger charge is 2.38. The molecule has 1 saturated heterocycles. The number of amides is 1. The molecule has 0 bridgehead atoms. The fourth-order valence-electron chi connectivity index (χ4n) is 1.60. The topological polar surface area (TPSA) is 80.5 Å². The van der Waals surface area contributed by atoms with Crippen molar-refractivity contribution in [2.24, 2.45) is 5.73 Å². The Kier molecular flexibility index (Phi) is 3.16. The van der Waals surface area contributed by atoms with Crippen LogP contribution in [0.4, 0.5) is 0 Å². The van der Waals surface area contributed by atoms with Gasteiger partial charge in [0.15, 0.2) is 0 Å². The average molecular weight is 220 g/mol. The van der Waals surface area contributed by atoms with Gasteiger partial charge in [0.05, 0.1) is 5.25 Å².